The average molecular weight is 448 g/mol. The molecular formula is C26H25NO4S. The molecule has 1 atom stereocenters. The first-order chi connectivity index (χ1) is 15.5. The van der Waals surface area contributed by atoms with E-state index in [0.717, 1.165) is 52.2 Å². The molecule has 0 aromatic heterocycles. The summed E-state index contributed by atoms with van der Waals surface area (Å²) in [5, 5.41) is 0. The molecule has 3 aromatic carbocycles. The topological polar surface area (TPSA) is 64.6 Å². The first kappa shape index (κ1) is 20.9. The van der Waals surface area contributed by atoms with Crippen LogP contribution in [0.25, 0.3) is 11.1 Å². The molecule has 32 heavy (non-hydrogen) atoms. The number of hydrogen-bond donors (Lipinski definition) is 1. The summed E-state index contributed by atoms with van der Waals surface area (Å²) >= 11 is 0. The number of ether oxygens (including phenoxy) is 2. The minimum Gasteiger partial charge on any atom is -0.454 e. The fourth-order valence-corrected chi connectivity index (χ4v) is 4.63. The van der Waals surface area contributed by atoms with Gasteiger partial charge in [-0.25, -0.2) is 8.93 Å². The summed E-state index contributed by atoms with van der Waals surface area (Å²) in [5.41, 5.74) is 4.91. The maximum Gasteiger partial charge on any atom is 0.231 e. The summed E-state index contributed by atoms with van der Waals surface area (Å²) in [7, 11) is -1.03. The van der Waals surface area contributed by atoms with E-state index in [1.807, 2.05) is 42.5 Å². The molecule has 1 fully saturated rings. The lowest BCUT2D eigenvalue weighted by Crippen LogP contribution is -2.22. The fraction of sp³-hybridized carbons (Fsp3) is 0.269. The maximum atomic E-state index is 13.3. The van der Waals surface area contributed by atoms with Crippen molar-refractivity contribution in [1.82, 2.24) is 4.72 Å². The van der Waals surface area contributed by atoms with E-state index >= 15 is 0 Å². The van der Waals surface area contributed by atoms with E-state index in [2.05, 4.69) is 29.0 Å². The molecule has 0 amide bonds. The standard InChI is InChI=1S/C26H25NO4S/c1-32(29)27-16-18-5-7-20(8-6-18)21-4-2-3-19(13-21)14-25(28)26(11-12-26)22-9-10-23-24(15-22)31-17-30-23/h2-10,13,15,27H,11-12,14,16-17H2,1H3. The zero-order valence-corrected chi connectivity index (χ0v) is 18.7. The summed E-state index contributed by atoms with van der Waals surface area (Å²) in [6.45, 7) is 0.808. The zero-order chi connectivity index (χ0) is 22.1. The molecule has 1 aliphatic heterocycles. The van der Waals surface area contributed by atoms with Crippen molar-refractivity contribution < 1.29 is 18.5 Å². The third kappa shape index (κ3) is 4.20. The van der Waals surface area contributed by atoms with Crippen LogP contribution in [-0.4, -0.2) is 23.0 Å². The number of fused-ring (bicyclic) bond motifs is 1. The predicted molar refractivity (Wildman–Crippen MR) is 125 cm³/mol. The maximum absolute atomic E-state index is 13.3. The highest BCUT2D eigenvalue weighted by Gasteiger charge is 2.50. The number of nitrogens with one attached hydrogen (secondary N) is 1. The first-order valence-corrected chi connectivity index (χ1v) is 12.3. The van der Waals surface area contributed by atoms with Gasteiger partial charge in [0.05, 0.1) is 16.4 Å². The Bertz CT molecular complexity index is 1180. The summed E-state index contributed by atoms with van der Waals surface area (Å²) in [5.74, 6) is 1.73. The Hall–Kier alpha value is -2.96. The molecular weight excluding hydrogens is 422 g/mol. The predicted octanol–water partition coefficient (Wildman–Crippen LogP) is 4.31. The molecule has 0 saturated heterocycles. The second kappa shape index (κ2) is 8.52. The van der Waals surface area contributed by atoms with Crippen LogP contribution in [0.15, 0.2) is 66.7 Å². The van der Waals surface area contributed by atoms with Gasteiger partial charge in [0.1, 0.15) is 5.78 Å². The molecule has 6 heteroatoms. The van der Waals surface area contributed by atoms with Crippen LogP contribution in [0, 0.1) is 0 Å². The molecule has 2 aliphatic rings. The first-order valence-electron chi connectivity index (χ1n) is 10.7. The van der Waals surface area contributed by atoms with Gasteiger partial charge in [0, 0.05) is 19.2 Å². The quantitative estimate of drug-likeness (QED) is 0.559. The van der Waals surface area contributed by atoms with Gasteiger partial charge < -0.3 is 9.47 Å². The summed E-state index contributed by atoms with van der Waals surface area (Å²) < 4.78 is 25.0. The number of rotatable bonds is 8. The van der Waals surface area contributed by atoms with Gasteiger partial charge in [-0.15, -0.1) is 0 Å². The summed E-state index contributed by atoms with van der Waals surface area (Å²) in [6, 6.07) is 22.3. The fourth-order valence-electron chi connectivity index (χ4n) is 4.26. The van der Waals surface area contributed by atoms with Crippen molar-refractivity contribution in [1.29, 1.82) is 0 Å². The SMILES string of the molecule is CS(=O)NCc1ccc(-c2cccc(CC(=O)C3(c4ccc5c(c4)OCO5)CC3)c2)cc1. The van der Waals surface area contributed by atoms with Gasteiger partial charge in [-0.2, -0.15) is 0 Å². The Labute approximate surface area is 190 Å². The highest BCUT2D eigenvalue weighted by Crippen LogP contribution is 2.51. The van der Waals surface area contributed by atoms with Crippen LogP contribution in [0.4, 0.5) is 0 Å². The number of carbonyl (C=O) groups excluding carboxylic acids is 1. The number of Topliss-reactive ketones (excluding diaryl/α,β-unsaturated/α-hetero) is 1. The summed E-state index contributed by atoms with van der Waals surface area (Å²) in [4.78, 5) is 13.3. The van der Waals surface area contributed by atoms with Gasteiger partial charge in [-0.05, 0) is 52.8 Å². The Kier molecular flexibility index (Phi) is 5.57. The van der Waals surface area contributed by atoms with Crippen molar-refractivity contribution in [3.63, 3.8) is 0 Å². The van der Waals surface area contributed by atoms with Crippen molar-refractivity contribution in [2.75, 3.05) is 13.0 Å². The molecule has 1 N–H and O–H groups in total. The molecule has 0 radical (unpaired) electrons. The Balaban J connectivity index is 1.31. The van der Waals surface area contributed by atoms with Crippen LogP contribution in [-0.2, 0) is 34.2 Å². The highest BCUT2D eigenvalue weighted by molar-refractivity contribution is 7.82. The molecule has 1 unspecified atom stereocenters. The molecule has 0 spiro atoms. The van der Waals surface area contributed by atoms with Crippen molar-refractivity contribution in [2.24, 2.45) is 0 Å². The van der Waals surface area contributed by atoms with Crippen LogP contribution in [0.1, 0.15) is 29.5 Å². The molecule has 1 heterocycles. The Morgan fingerprint density at radius 3 is 2.47 bits per heavy atom. The van der Waals surface area contributed by atoms with E-state index in [4.69, 9.17) is 9.47 Å². The normalized spacial score (nSPS) is 16.5. The lowest BCUT2D eigenvalue weighted by Gasteiger charge is -2.15. The number of hydrogen-bond acceptors (Lipinski definition) is 4. The molecule has 1 saturated carbocycles. The van der Waals surface area contributed by atoms with Crippen LogP contribution < -0.4 is 14.2 Å². The van der Waals surface area contributed by atoms with Gasteiger partial charge in [0.15, 0.2) is 11.5 Å². The van der Waals surface area contributed by atoms with E-state index in [1.54, 1.807) is 6.26 Å². The molecule has 5 nitrogen and oxygen atoms in total. The highest BCUT2D eigenvalue weighted by atomic mass is 32.2. The van der Waals surface area contributed by atoms with E-state index in [1.165, 1.54) is 0 Å². The van der Waals surface area contributed by atoms with Crippen LogP contribution in [0.2, 0.25) is 0 Å². The molecule has 5 rings (SSSR count). The van der Waals surface area contributed by atoms with Crippen LogP contribution in [0.5, 0.6) is 11.5 Å². The largest absolute Gasteiger partial charge is 0.454 e. The lowest BCUT2D eigenvalue weighted by molar-refractivity contribution is -0.120. The second-order valence-corrected chi connectivity index (χ2v) is 9.62. The van der Waals surface area contributed by atoms with E-state index in [0.29, 0.717) is 13.0 Å². The molecule has 3 aromatic rings. The van der Waals surface area contributed by atoms with Crippen LogP contribution in [0.3, 0.4) is 0 Å². The van der Waals surface area contributed by atoms with Gasteiger partial charge in [-0.1, -0.05) is 54.6 Å². The minimum atomic E-state index is -1.03. The third-order valence-corrected chi connectivity index (χ3v) is 6.82. The average Bonchev–Trinajstić information content (AvgIpc) is 3.49. The van der Waals surface area contributed by atoms with E-state index in [-0.39, 0.29) is 12.6 Å². The van der Waals surface area contributed by atoms with Crippen molar-refractivity contribution in [3.8, 4) is 22.6 Å². The van der Waals surface area contributed by atoms with Gasteiger partial charge >= 0.3 is 0 Å². The Morgan fingerprint density at radius 2 is 1.72 bits per heavy atom. The monoisotopic (exact) mass is 447 g/mol. The summed E-state index contributed by atoms with van der Waals surface area (Å²) in [6.07, 6.45) is 3.79. The molecule has 0 bridgehead atoms. The molecule has 1 aliphatic carbocycles. The van der Waals surface area contributed by atoms with E-state index < -0.39 is 16.4 Å². The van der Waals surface area contributed by atoms with Crippen molar-refractivity contribution >= 4 is 16.8 Å². The number of ketones is 1. The van der Waals surface area contributed by atoms with Gasteiger partial charge in [0.25, 0.3) is 0 Å². The van der Waals surface area contributed by atoms with Crippen LogP contribution >= 0.6 is 0 Å². The zero-order valence-electron chi connectivity index (χ0n) is 17.9. The lowest BCUT2D eigenvalue weighted by atomic mass is 9.87. The Morgan fingerprint density at radius 1 is 0.938 bits per heavy atom. The number of carbonyl (C=O) groups is 1. The smallest absolute Gasteiger partial charge is 0.231 e. The molecule has 164 valence electrons. The van der Waals surface area contributed by atoms with Crippen molar-refractivity contribution in [3.05, 3.63) is 83.4 Å². The third-order valence-electron chi connectivity index (χ3n) is 6.27. The minimum absolute atomic E-state index is 0.238. The van der Waals surface area contributed by atoms with Gasteiger partial charge in [0.2, 0.25) is 6.79 Å². The second-order valence-electron chi connectivity index (χ2n) is 8.42. The van der Waals surface area contributed by atoms with Crippen molar-refractivity contribution in [2.45, 2.75) is 31.2 Å². The number of benzene rings is 3. The van der Waals surface area contributed by atoms with Gasteiger partial charge in [-0.3, -0.25) is 4.79 Å². The van der Waals surface area contributed by atoms with E-state index in [9.17, 15) is 9.00 Å².